The number of unbranched alkanes of at least 4 members (excludes halogenated alkanes) is 1. The van der Waals surface area contributed by atoms with Crippen molar-refractivity contribution in [3.05, 3.63) is 95.3 Å². The van der Waals surface area contributed by atoms with Crippen molar-refractivity contribution in [3.8, 4) is 0 Å². The van der Waals surface area contributed by atoms with Crippen LogP contribution in [-0.2, 0) is 27.4 Å². The summed E-state index contributed by atoms with van der Waals surface area (Å²) in [7, 11) is 0. The minimum absolute atomic E-state index is 0.133. The molecule has 4 aromatic rings. The van der Waals surface area contributed by atoms with Crippen molar-refractivity contribution in [3.63, 3.8) is 0 Å². The molecule has 14 nitrogen and oxygen atoms in total. The molecule has 4 rings (SSSR count). The molecule has 1 aromatic heterocycles. The number of nitrogens with zero attached hydrogens (tertiary/aromatic N) is 2. The van der Waals surface area contributed by atoms with Crippen molar-refractivity contribution in [2.24, 2.45) is 0 Å². The number of benzene rings is 3. The maximum absolute atomic E-state index is 13.5. The highest BCUT2D eigenvalue weighted by Crippen LogP contribution is 2.17. The fourth-order valence-electron chi connectivity index (χ4n) is 4.54. The number of aliphatic carboxylic acids is 1. The van der Waals surface area contributed by atoms with Crippen LogP contribution in [0, 0.1) is 0 Å². The van der Waals surface area contributed by atoms with Gasteiger partial charge >= 0.3 is 24.1 Å². The van der Waals surface area contributed by atoms with Gasteiger partial charge in [-0.1, -0.05) is 37.6 Å². The van der Waals surface area contributed by atoms with E-state index in [1.54, 1.807) is 55.5 Å². The number of aromatic amines is 1. The molecule has 252 valence electrons. The number of alkyl carbamates (subject to hydrolysis) is 1. The van der Waals surface area contributed by atoms with Crippen molar-refractivity contribution >= 4 is 46.7 Å². The normalized spacial score (nSPS) is 11.3. The van der Waals surface area contributed by atoms with Crippen LogP contribution in [-0.4, -0.2) is 75.7 Å². The number of amides is 4. The van der Waals surface area contributed by atoms with Crippen LogP contribution in [0.5, 0.6) is 0 Å². The molecule has 0 aliphatic carbocycles. The summed E-state index contributed by atoms with van der Waals surface area (Å²) in [5, 5.41) is 17.1. The molecular weight excluding hydrogens is 620 g/mol. The number of rotatable bonds is 15. The molecule has 5 N–H and O–H groups in total. The number of carbonyl (C=O) groups excluding carboxylic acids is 4. The number of fused-ring (bicyclic) bond motifs is 1. The van der Waals surface area contributed by atoms with E-state index >= 15 is 0 Å². The highest BCUT2D eigenvalue weighted by molar-refractivity contribution is 5.95. The van der Waals surface area contributed by atoms with Crippen molar-refractivity contribution in [1.29, 1.82) is 0 Å². The standard InChI is InChI=1S/C34H38N6O8/c1-3-5-18-48-34(46)39-28(31(42)43)19-35-30(41)23-12-10-22(11-13-23)20-40(21-29-37-26-8-6-7-9-27(26)38-29)33(45)36-25-16-14-24(15-17-25)32(44)47-4-2/h6-17,28H,3-5,18-21H2,1-2H3,(H,35,41)(H,36,45)(H,37,38)(H,39,46)(H,42,43). The number of nitrogens with one attached hydrogen (secondary N) is 4. The van der Waals surface area contributed by atoms with Gasteiger partial charge in [0.25, 0.3) is 5.91 Å². The van der Waals surface area contributed by atoms with E-state index in [2.05, 4.69) is 25.9 Å². The second kappa shape index (κ2) is 17.1. The minimum Gasteiger partial charge on any atom is -0.480 e. The monoisotopic (exact) mass is 658 g/mol. The van der Waals surface area contributed by atoms with Gasteiger partial charge < -0.3 is 40.4 Å². The number of esters is 1. The third-order valence-electron chi connectivity index (χ3n) is 7.09. The van der Waals surface area contributed by atoms with Crippen LogP contribution < -0.4 is 16.0 Å². The van der Waals surface area contributed by atoms with E-state index in [9.17, 15) is 29.1 Å². The zero-order chi connectivity index (χ0) is 34.5. The summed E-state index contributed by atoms with van der Waals surface area (Å²) < 4.78 is 9.96. The third kappa shape index (κ3) is 10.0. The third-order valence-corrected chi connectivity index (χ3v) is 7.09. The molecule has 1 atom stereocenters. The minimum atomic E-state index is -1.38. The predicted molar refractivity (Wildman–Crippen MR) is 176 cm³/mol. The molecule has 0 radical (unpaired) electrons. The Bertz CT molecular complexity index is 1690. The Kier molecular flexibility index (Phi) is 12.5. The molecule has 0 saturated carbocycles. The van der Waals surface area contributed by atoms with Crippen molar-refractivity contribution in [2.75, 3.05) is 25.1 Å². The SMILES string of the molecule is CCCCOC(=O)NC(CNC(=O)c1ccc(CN(Cc2nc3ccccc3[nH]2)C(=O)Nc2ccc(C(=O)OCC)cc2)cc1)C(=O)O. The summed E-state index contributed by atoms with van der Waals surface area (Å²) in [6.45, 7) is 3.98. The number of imidazole rings is 1. The second-order valence-electron chi connectivity index (χ2n) is 10.7. The van der Waals surface area contributed by atoms with Gasteiger partial charge in [0.1, 0.15) is 11.9 Å². The Morgan fingerprint density at radius 3 is 2.27 bits per heavy atom. The average molecular weight is 659 g/mol. The molecule has 1 heterocycles. The first-order valence-corrected chi connectivity index (χ1v) is 15.5. The van der Waals surface area contributed by atoms with E-state index in [1.165, 1.54) is 4.90 Å². The molecule has 0 saturated heterocycles. The van der Waals surface area contributed by atoms with Crippen molar-refractivity contribution in [1.82, 2.24) is 25.5 Å². The Labute approximate surface area is 276 Å². The number of carboxylic acids is 1. The van der Waals surface area contributed by atoms with E-state index in [-0.39, 0.29) is 38.4 Å². The van der Waals surface area contributed by atoms with Gasteiger partial charge in [0.05, 0.1) is 36.4 Å². The van der Waals surface area contributed by atoms with Gasteiger partial charge in [0.2, 0.25) is 0 Å². The largest absolute Gasteiger partial charge is 0.480 e. The second-order valence-corrected chi connectivity index (χ2v) is 10.7. The van der Waals surface area contributed by atoms with Crippen LogP contribution >= 0.6 is 0 Å². The first kappa shape index (κ1) is 34.9. The lowest BCUT2D eigenvalue weighted by Gasteiger charge is -2.22. The summed E-state index contributed by atoms with van der Waals surface area (Å²) in [6.07, 6.45) is 0.581. The van der Waals surface area contributed by atoms with Gasteiger partial charge in [-0.15, -0.1) is 0 Å². The van der Waals surface area contributed by atoms with Crippen LogP contribution in [0.4, 0.5) is 15.3 Å². The van der Waals surface area contributed by atoms with Crippen LogP contribution in [0.1, 0.15) is 58.8 Å². The number of aromatic nitrogens is 2. The van der Waals surface area contributed by atoms with E-state index < -0.39 is 36.0 Å². The van der Waals surface area contributed by atoms with E-state index in [0.717, 1.165) is 17.5 Å². The molecule has 0 aliphatic rings. The van der Waals surface area contributed by atoms with Crippen LogP contribution in [0.25, 0.3) is 11.0 Å². The van der Waals surface area contributed by atoms with Crippen molar-refractivity contribution < 1.29 is 38.6 Å². The van der Waals surface area contributed by atoms with Gasteiger partial charge in [-0.3, -0.25) is 4.79 Å². The summed E-state index contributed by atoms with van der Waals surface area (Å²) in [4.78, 5) is 71.1. The number of hydrogen-bond donors (Lipinski definition) is 5. The number of anilines is 1. The fourth-order valence-corrected chi connectivity index (χ4v) is 4.54. The molecule has 0 aliphatic heterocycles. The molecule has 0 spiro atoms. The van der Waals surface area contributed by atoms with Crippen LogP contribution in [0.2, 0.25) is 0 Å². The number of H-pyrrole nitrogens is 1. The Morgan fingerprint density at radius 1 is 0.896 bits per heavy atom. The van der Waals surface area contributed by atoms with Crippen LogP contribution in [0.15, 0.2) is 72.8 Å². The molecular formula is C34H38N6O8. The first-order valence-electron chi connectivity index (χ1n) is 15.5. The predicted octanol–water partition coefficient (Wildman–Crippen LogP) is 4.68. The zero-order valence-electron chi connectivity index (χ0n) is 26.7. The number of hydrogen-bond acceptors (Lipinski definition) is 8. The number of carboxylic acid groups (broad SMARTS) is 1. The summed E-state index contributed by atoms with van der Waals surface area (Å²) in [5.74, 6) is -1.76. The lowest BCUT2D eigenvalue weighted by Crippen LogP contribution is -2.48. The molecule has 14 heteroatoms. The molecule has 3 aromatic carbocycles. The van der Waals surface area contributed by atoms with E-state index in [4.69, 9.17) is 9.47 Å². The smallest absolute Gasteiger partial charge is 0.407 e. The molecule has 48 heavy (non-hydrogen) atoms. The maximum Gasteiger partial charge on any atom is 0.407 e. The Balaban J connectivity index is 1.42. The highest BCUT2D eigenvalue weighted by atomic mass is 16.5. The van der Waals surface area contributed by atoms with E-state index in [0.29, 0.717) is 29.1 Å². The Morgan fingerprint density at radius 2 is 1.60 bits per heavy atom. The maximum atomic E-state index is 13.5. The van der Waals surface area contributed by atoms with Crippen molar-refractivity contribution in [2.45, 2.75) is 45.8 Å². The lowest BCUT2D eigenvalue weighted by atomic mass is 10.1. The molecule has 4 amide bonds. The number of urea groups is 1. The summed E-state index contributed by atoms with van der Waals surface area (Å²) in [5.41, 5.74) is 3.37. The van der Waals surface area contributed by atoms with Crippen LogP contribution in [0.3, 0.4) is 0 Å². The summed E-state index contributed by atoms with van der Waals surface area (Å²) >= 11 is 0. The quantitative estimate of drug-likeness (QED) is 0.0891. The Hall–Kier alpha value is -5.92. The summed E-state index contributed by atoms with van der Waals surface area (Å²) in [6, 6.07) is 18.5. The van der Waals surface area contributed by atoms with Gasteiger partial charge in [-0.05, 0) is 67.4 Å². The highest BCUT2D eigenvalue weighted by Gasteiger charge is 2.22. The zero-order valence-corrected chi connectivity index (χ0v) is 26.7. The molecule has 1 unspecified atom stereocenters. The van der Waals surface area contributed by atoms with Gasteiger partial charge in [-0.2, -0.15) is 0 Å². The van der Waals surface area contributed by atoms with Gasteiger partial charge in [0, 0.05) is 24.3 Å². The van der Waals surface area contributed by atoms with Gasteiger partial charge in [-0.25, -0.2) is 24.2 Å². The average Bonchev–Trinajstić information content (AvgIpc) is 3.49. The number of para-hydroxylation sites is 2. The lowest BCUT2D eigenvalue weighted by molar-refractivity contribution is -0.139. The van der Waals surface area contributed by atoms with Gasteiger partial charge in [0.15, 0.2) is 0 Å². The van der Waals surface area contributed by atoms with E-state index in [1.807, 2.05) is 31.2 Å². The number of ether oxygens (including phenoxy) is 2. The molecule has 0 bridgehead atoms. The number of carbonyl (C=O) groups is 5. The topological polar surface area (TPSA) is 192 Å². The first-order chi connectivity index (χ1) is 23.2. The fraction of sp³-hybridized carbons (Fsp3) is 0.294. The molecule has 0 fully saturated rings.